The van der Waals surface area contributed by atoms with Crippen molar-refractivity contribution >= 4 is 0 Å². The van der Waals surface area contributed by atoms with Gasteiger partial charge in [0, 0.05) is 0 Å². The minimum absolute atomic E-state index is 0.887. The van der Waals surface area contributed by atoms with Crippen LogP contribution in [0.25, 0.3) is 0 Å². The minimum Gasteiger partial charge on any atom is -0.0628 e. The van der Waals surface area contributed by atoms with Crippen LogP contribution in [0.1, 0.15) is 92.4 Å². The Bertz CT molecular complexity index is 218. The van der Waals surface area contributed by atoms with Gasteiger partial charge in [-0.2, -0.15) is 0 Å². The van der Waals surface area contributed by atoms with Gasteiger partial charge in [0.2, 0.25) is 0 Å². The van der Waals surface area contributed by atoms with Crippen LogP contribution < -0.4 is 0 Å². The highest BCUT2D eigenvalue weighted by Gasteiger charge is 2.24. The first-order valence-electron chi connectivity index (χ1n) is 8.99. The third-order valence-corrected chi connectivity index (χ3v) is 5.49. The summed E-state index contributed by atoms with van der Waals surface area (Å²) < 4.78 is 0. The predicted molar refractivity (Wildman–Crippen MR) is 87.4 cm³/mol. The molecule has 0 heteroatoms. The third-order valence-electron chi connectivity index (χ3n) is 5.49. The first-order valence-corrected chi connectivity index (χ1v) is 8.99. The molecule has 0 spiro atoms. The minimum atomic E-state index is 0.887. The van der Waals surface area contributed by atoms with E-state index in [1.54, 1.807) is 0 Å². The molecule has 1 aliphatic rings. The van der Waals surface area contributed by atoms with Crippen LogP contribution in [0.5, 0.6) is 0 Å². The van der Waals surface area contributed by atoms with Gasteiger partial charge < -0.3 is 0 Å². The van der Waals surface area contributed by atoms with E-state index >= 15 is 0 Å². The Balaban J connectivity index is 2.03. The van der Waals surface area contributed by atoms with Gasteiger partial charge in [-0.3, -0.25) is 0 Å². The van der Waals surface area contributed by atoms with Crippen molar-refractivity contribution in [2.24, 2.45) is 29.6 Å². The van der Waals surface area contributed by atoms with Gasteiger partial charge in [-0.1, -0.05) is 86.0 Å². The number of hydrogen-bond donors (Lipinski definition) is 0. The first-order chi connectivity index (χ1) is 8.99. The number of hydrogen-bond acceptors (Lipinski definition) is 0. The summed E-state index contributed by atoms with van der Waals surface area (Å²) >= 11 is 0. The molecule has 19 heavy (non-hydrogen) atoms. The molecule has 1 saturated carbocycles. The van der Waals surface area contributed by atoms with Crippen LogP contribution in [0.3, 0.4) is 0 Å². The zero-order valence-corrected chi connectivity index (χ0v) is 14.3. The quantitative estimate of drug-likeness (QED) is 0.459. The van der Waals surface area contributed by atoms with Gasteiger partial charge in [0.1, 0.15) is 0 Å². The van der Waals surface area contributed by atoms with Crippen molar-refractivity contribution < 1.29 is 0 Å². The summed E-state index contributed by atoms with van der Waals surface area (Å²) in [5.74, 6) is 4.85. The van der Waals surface area contributed by atoms with Gasteiger partial charge >= 0.3 is 0 Å². The molecule has 4 unspecified atom stereocenters. The fraction of sp³-hybridized carbons (Fsp3) is 1.00. The van der Waals surface area contributed by atoms with Crippen LogP contribution in [0.2, 0.25) is 0 Å². The Hall–Kier alpha value is 0. The second-order valence-corrected chi connectivity index (χ2v) is 7.99. The molecule has 1 rings (SSSR count). The van der Waals surface area contributed by atoms with Gasteiger partial charge in [0.25, 0.3) is 0 Å². The van der Waals surface area contributed by atoms with Crippen molar-refractivity contribution in [3.05, 3.63) is 0 Å². The summed E-state index contributed by atoms with van der Waals surface area (Å²) in [6.45, 7) is 12.1. The van der Waals surface area contributed by atoms with Crippen LogP contribution in [0.4, 0.5) is 0 Å². The molecule has 4 atom stereocenters. The standard InChI is InChI=1S/C19H38/c1-15(2)8-6-9-16(3)10-7-11-19-13-12-17(4)18(5)14-19/h15-19H,6-14H2,1-5H3. The van der Waals surface area contributed by atoms with Crippen LogP contribution in [0, 0.1) is 29.6 Å². The highest BCUT2D eigenvalue weighted by atomic mass is 14.3. The second-order valence-electron chi connectivity index (χ2n) is 7.99. The SMILES string of the molecule is CC(C)CCCC(C)CCCC1CCC(C)C(C)C1. The maximum absolute atomic E-state index is 2.46. The maximum Gasteiger partial charge on any atom is -0.0412 e. The van der Waals surface area contributed by atoms with E-state index in [2.05, 4.69) is 34.6 Å². The molecule has 0 aromatic heterocycles. The molecule has 1 fully saturated rings. The van der Waals surface area contributed by atoms with E-state index in [0.29, 0.717) is 0 Å². The first kappa shape index (κ1) is 17.1. The largest absolute Gasteiger partial charge is 0.0628 e. The fourth-order valence-electron chi connectivity index (χ4n) is 3.70. The summed E-state index contributed by atoms with van der Waals surface area (Å²) in [4.78, 5) is 0. The molecule has 0 heterocycles. The van der Waals surface area contributed by atoms with E-state index in [1.807, 2.05) is 0 Å². The van der Waals surface area contributed by atoms with Crippen LogP contribution in [-0.4, -0.2) is 0 Å². The van der Waals surface area contributed by atoms with Crippen LogP contribution >= 0.6 is 0 Å². The molecule has 0 bridgehead atoms. The van der Waals surface area contributed by atoms with E-state index < -0.39 is 0 Å². The molecular formula is C19H38. The molecule has 0 amide bonds. The Morgan fingerprint density at radius 1 is 0.842 bits per heavy atom. The lowest BCUT2D eigenvalue weighted by atomic mass is 9.74. The van der Waals surface area contributed by atoms with Crippen molar-refractivity contribution in [3.8, 4) is 0 Å². The van der Waals surface area contributed by atoms with E-state index in [1.165, 1.54) is 57.8 Å². The monoisotopic (exact) mass is 266 g/mol. The molecule has 0 N–H and O–H groups in total. The molecule has 114 valence electrons. The molecular weight excluding hydrogens is 228 g/mol. The van der Waals surface area contributed by atoms with Crippen LogP contribution in [0.15, 0.2) is 0 Å². The smallest absolute Gasteiger partial charge is 0.0412 e. The van der Waals surface area contributed by atoms with Crippen molar-refractivity contribution in [2.75, 3.05) is 0 Å². The fourth-order valence-corrected chi connectivity index (χ4v) is 3.70. The van der Waals surface area contributed by atoms with Crippen molar-refractivity contribution in [2.45, 2.75) is 92.4 Å². The van der Waals surface area contributed by atoms with E-state index in [9.17, 15) is 0 Å². The lowest BCUT2D eigenvalue weighted by Crippen LogP contribution is -2.20. The summed E-state index contributed by atoms with van der Waals surface area (Å²) in [6, 6.07) is 0. The average Bonchev–Trinajstić information content (AvgIpc) is 2.33. The highest BCUT2D eigenvalue weighted by Crippen LogP contribution is 2.36. The number of rotatable bonds is 8. The van der Waals surface area contributed by atoms with Gasteiger partial charge in [0.15, 0.2) is 0 Å². The van der Waals surface area contributed by atoms with Crippen LogP contribution in [-0.2, 0) is 0 Å². The molecule has 0 radical (unpaired) electrons. The van der Waals surface area contributed by atoms with Crippen molar-refractivity contribution in [1.29, 1.82) is 0 Å². The molecule has 0 saturated heterocycles. The predicted octanol–water partition coefficient (Wildman–Crippen LogP) is 6.69. The Morgan fingerprint density at radius 2 is 1.53 bits per heavy atom. The summed E-state index contributed by atoms with van der Waals surface area (Å²) in [5, 5.41) is 0. The summed E-state index contributed by atoms with van der Waals surface area (Å²) in [5.41, 5.74) is 0. The molecule has 0 aliphatic heterocycles. The normalized spacial score (nSPS) is 29.7. The molecule has 0 aromatic rings. The lowest BCUT2D eigenvalue weighted by molar-refractivity contribution is 0.195. The molecule has 0 nitrogen and oxygen atoms in total. The Labute approximate surface area is 122 Å². The Kier molecular flexibility index (Phi) is 8.11. The highest BCUT2D eigenvalue weighted by molar-refractivity contribution is 4.75. The van der Waals surface area contributed by atoms with Gasteiger partial charge in [-0.15, -0.1) is 0 Å². The van der Waals surface area contributed by atoms with Crippen molar-refractivity contribution in [3.63, 3.8) is 0 Å². The average molecular weight is 267 g/mol. The second kappa shape index (κ2) is 9.03. The van der Waals surface area contributed by atoms with Gasteiger partial charge in [-0.05, 0) is 36.0 Å². The van der Waals surface area contributed by atoms with E-state index in [0.717, 1.165) is 29.6 Å². The zero-order valence-electron chi connectivity index (χ0n) is 14.3. The molecule has 0 aromatic carbocycles. The summed E-state index contributed by atoms with van der Waals surface area (Å²) in [6.07, 6.45) is 13.3. The van der Waals surface area contributed by atoms with E-state index in [4.69, 9.17) is 0 Å². The summed E-state index contributed by atoms with van der Waals surface area (Å²) in [7, 11) is 0. The van der Waals surface area contributed by atoms with E-state index in [-0.39, 0.29) is 0 Å². The molecule has 1 aliphatic carbocycles. The van der Waals surface area contributed by atoms with Gasteiger partial charge in [0.05, 0.1) is 0 Å². The Morgan fingerprint density at radius 3 is 2.16 bits per heavy atom. The third kappa shape index (κ3) is 7.37. The zero-order chi connectivity index (χ0) is 14.3. The van der Waals surface area contributed by atoms with Crippen molar-refractivity contribution in [1.82, 2.24) is 0 Å². The van der Waals surface area contributed by atoms with Gasteiger partial charge in [-0.25, -0.2) is 0 Å². The lowest BCUT2D eigenvalue weighted by Gasteiger charge is -2.32. The topological polar surface area (TPSA) is 0 Å². The maximum atomic E-state index is 2.46.